The third-order valence-electron chi connectivity index (χ3n) is 6.58. The minimum absolute atomic E-state index is 0.0720. The molecular weight excluding hydrogens is 584 g/mol. The van der Waals surface area contributed by atoms with Gasteiger partial charge >= 0.3 is 0 Å². The summed E-state index contributed by atoms with van der Waals surface area (Å²) in [4.78, 5) is 44.7. The van der Waals surface area contributed by atoms with Gasteiger partial charge in [-0.2, -0.15) is 0 Å². The highest BCUT2D eigenvalue weighted by atomic mass is 32.2. The summed E-state index contributed by atoms with van der Waals surface area (Å²) < 4.78 is 5.22. The fraction of sp³-hybridized carbons (Fsp3) is 0.0556. The summed E-state index contributed by atoms with van der Waals surface area (Å²) in [5, 5.41) is 7.96. The van der Waals surface area contributed by atoms with Crippen molar-refractivity contribution in [1.82, 2.24) is 10.3 Å². The Hall–Kier alpha value is -5.67. The van der Waals surface area contributed by atoms with E-state index < -0.39 is 17.1 Å². The second-order valence-corrected chi connectivity index (χ2v) is 10.9. The number of aromatic nitrogens is 1. The van der Waals surface area contributed by atoms with Crippen LogP contribution < -0.4 is 20.7 Å². The predicted octanol–water partition coefficient (Wildman–Crippen LogP) is 6.97. The van der Waals surface area contributed by atoms with Crippen molar-refractivity contribution in [2.45, 2.75) is 10.1 Å². The molecule has 8 nitrogen and oxygen atoms in total. The highest BCUT2D eigenvalue weighted by molar-refractivity contribution is 8.00. The van der Waals surface area contributed by atoms with E-state index in [4.69, 9.17) is 4.74 Å². The van der Waals surface area contributed by atoms with Crippen LogP contribution in [0.3, 0.4) is 0 Å². The SMILES string of the molecule is COc1ccc(/C=C(\NC(=O)c2ccccc2)C(=O)Nc2ccc(SC(C(=O)Nc3ccccn3)c3ccccc3)cc2)cc1. The Bertz CT molecular complexity index is 1760. The van der Waals surface area contributed by atoms with E-state index in [9.17, 15) is 14.4 Å². The Morgan fingerprint density at radius 2 is 1.42 bits per heavy atom. The van der Waals surface area contributed by atoms with Gasteiger partial charge in [0, 0.05) is 22.3 Å². The van der Waals surface area contributed by atoms with Crippen molar-refractivity contribution in [3.8, 4) is 5.75 Å². The van der Waals surface area contributed by atoms with Gasteiger partial charge < -0.3 is 20.7 Å². The fourth-order valence-electron chi connectivity index (χ4n) is 4.29. The summed E-state index contributed by atoms with van der Waals surface area (Å²) in [7, 11) is 1.58. The largest absolute Gasteiger partial charge is 0.497 e. The first-order valence-corrected chi connectivity index (χ1v) is 14.9. The Kier molecular flexibility index (Phi) is 10.4. The molecule has 4 aromatic carbocycles. The van der Waals surface area contributed by atoms with Crippen molar-refractivity contribution in [2.75, 3.05) is 17.7 Å². The maximum atomic E-state index is 13.4. The molecule has 0 aliphatic heterocycles. The number of carbonyl (C=O) groups excluding carboxylic acids is 3. The first-order valence-electron chi connectivity index (χ1n) is 14.1. The molecule has 5 rings (SSSR count). The van der Waals surface area contributed by atoms with Gasteiger partial charge in [0.2, 0.25) is 5.91 Å². The topological polar surface area (TPSA) is 109 Å². The first kappa shape index (κ1) is 30.8. The number of benzene rings is 4. The standard InChI is InChI=1S/C36H30N4O4S/c1-44-29-19-15-25(16-20-29)24-31(39-34(41)27-12-6-3-7-13-27)35(42)38-28-17-21-30(22-18-28)45-33(26-10-4-2-5-11-26)36(43)40-32-14-8-9-23-37-32/h2-24,33H,1H3,(H,38,42)(H,39,41)(H,37,40,43)/b31-24-. The Morgan fingerprint density at radius 3 is 2.07 bits per heavy atom. The van der Waals surface area contributed by atoms with Crippen molar-refractivity contribution >= 4 is 47.1 Å². The zero-order chi connectivity index (χ0) is 31.4. The monoisotopic (exact) mass is 614 g/mol. The molecule has 0 spiro atoms. The van der Waals surface area contributed by atoms with Gasteiger partial charge in [-0.3, -0.25) is 14.4 Å². The van der Waals surface area contributed by atoms with E-state index in [1.165, 1.54) is 11.8 Å². The van der Waals surface area contributed by atoms with Crippen molar-refractivity contribution in [2.24, 2.45) is 0 Å². The van der Waals surface area contributed by atoms with Crippen LogP contribution in [0.4, 0.5) is 11.5 Å². The molecule has 1 unspecified atom stereocenters. The normalized spacial score (nSPS) is 11.6. The maximum absolute atomic E-state index is 13.4. The van der Waals surface area contributed by atoms with Gasteiger partial charge in [-0.15, -0.1) is 11.8 Å². The number of hydrogen-bond donors (Lipinski definition) is 3. The molecule has 224 valence electrons. The molecule has 0 aliphatic carbocycles. The molecule has 3 N–H and O–H groups in total. The number of amides is 3. The Balaban J connectivity index is 1.32. The number of nitrogens with zero attached hydrogens (tertiary/aromatic N) is 1. The Labute approximate surface area is 265 Å². The number of nitrogens with one attached hydrogen (secondary N) is 3. The summed E-state index contributed by atoms with van der Waals surface area (Å²) in [5.74, 6) is 0.0402. The van der Waals surface area contributed by atoms with Gasteiger partial charge in [0.25, 0.3) is 11.8 Å². The molecule has 3 amide bonds. The third-order valence-corrected chi connectivity index (χ3v) is 7.84. The number of anilines is 2. The van der Waals surface area contributed by atoms with Crippen molar-refractivity contribution < 1.29 is 19.1 Å². The van der Waals surface area contributed by atoms with Gasteiger partial charge in [-0.25, -0.2) is 4.98 Å². The lowest BCUT2D eigenvalue weighted by molar-refractivity contribution is -0.116. The molecule has 0 bridgehead atoms. The van der Waals surface area contributed by atoms with Crippen LogP contribution in [0.15, 0.2) is 144 Å². The second kappa shape index (κ2) is 15.2. The number of hydrogen-bond acceptors (Lipinski definition) is 6. The van der Waals surface area contributed by atoms with Crippen LogP contribution in [-0.2, 0) is 9.59 Å². The van der Waals surface area contributed by atoms with Crippen LogP contribution in [0.5, 0.6) is 5.75 Å². The van der Waals surface area contributed by atoms with Gasteiger partial charge in [-0.05, 0) is 77.9 Å². The smallest absolute Gasteiger partial charge is 0.272 e. The van der Waals surface area contributed by atoms with E-state index in [2.05, 4.69) is 20.9 Å². The van der Waals surface area contributed by atoms with Crippen LogP contribution in [0.1, 0.15) is 26.7 Å². The fourth-order valence-corrected chi connectivity index (χ4v) is 5.31. The third kappa shape index (κ3) is 8.68. The highest BCUT2D eigenvalue weighted by Crippen LogP contribution is 2.36. The molecule has 1 heterocycles. The number of carbonyl (C=O) groups is 3. The molecule has 0 radical (unpaired) electrons. The first-order chi connectivity index (χ1) is 22.0. The molecule has 9 heteroatoms. The van der Waals surface area contributed by atoms with Crippen molar-refractivity contribution in [3.63, 3.8) is 0 Å². The molecule has 0 saturated carbocycles. The van der Waals surface area contributed by atoms with E-state index in [1.54, 1.807) is 92.2 Å². The molecule has 0 saturated heterocycles. The summed E-state index contributed by atoms with van der Waals surface area (Å²) >= 11 is 1.38. The molecule has 1 atom stereocenters. The summed E-state index contributed by atoms with van der Waals surface area (Å²) in [6.07, 6.45) is 3.22. The summed E-state index contributed by atoms with van der Waals surface area (Å²) in [6.45, 7) is 0. The summed E-state index contributed by atoms with van der Waals surface area (Å²) in [6, 6.07) is 37.8. The number of pyridine rings is 1. The molecular formula is C36H30N4O4S. The quantitative estimate of drug-likeness (QED) is 0.110. The van der Waals surface area contributed by atoms with Crippen molar-refractivity contribution in [3.05, 3.63) is 156 Å². The zero-order valence-electron chi connectivity index (χ0n) is 24.3. The molecule has 0 fully saturated rings. The van der Waals surface area contributed by atoms with E-state index in [0.29, 0.717) is 28.4 Å². The number of rotatable bonds is 11. The number of ether oxygens (including phenoxy) is 1. The molecule has 45 heavy (non-hydrogen) atoms. The van der Waals surface area contributed by atoms with Gasteiger partial charge in [0.15, 0.2) is 0 Å². The highest BCUT2D eigenvalue weighted by Gasteiger charge is 2.23. The van der Waals surface area contributed by atoms with Crippen LogP contribution in [0.2, 0.25) is 0 Å². The van der Waals surface area contributed by atoms with E-state index >= 15 is 0 Å². The lowest BCUT2D eigenvalue weighted by atomic mass is 10.1. The average Bonchev–Trinajstić information content (AvgIpc) is 3.09. The number of methoxy groups -OCH3 is 1. The molecule has 5 aromatic rings. The molecule has 1 aromatic heterocycles. The van der Waals surface area contributed by atoms with Gasteiger partial charge in [0.1, 0.15) is 22.5 Å². The predicted molar refractivity (Wildman–Crippen MR) is 178 cm³/mol. The van der Waals surface area contributed by atoms with E-state index in [-0.39, 0.29) is 11.6 Å². The van der Waals surface area contributed by atoms with E-state index in [0.717, 1.165) is 10.5 Å². The molecule has 0 aliphatic rings. The van der Waals surface area contributed by atoms with E-state index in [1.807, 2.05) is 54.6 Å². The minimum atomic E-state index is -0.541. The summed E-state index contributed by atoms with van der Waals surface area (Å²) in [5.41, 5.74) is 2.57. The Morgan fingerprint density at radius 1 is 0.756 bits per heavy atom. The van der Waals surface area contributed by atoms with Crippen LogP contribution in [0, 0.1) is 0 Å². The van der Waals surface area contributed by atoms with Crippen LogP contribution in [-0.4, -0.2) is 29.8 Å². The number of thioether (sulfide) groups is 1. The second-order valence-electron chi connectivity index (χ2n) is 9.74. The van der Waals surface area contributed by atoms with Gasteiger partial charge in [-0.1, -0.05) is 66.7 Å². The van der Waals surface area contributed by atoms with Crippen molar-refractivity contribution in [1.29, 1.82) is 0 Å². The lowest BCUT2D eigenvalue weighted by Gasteiger charge is -2.17. The maximum Gasteiger partial charge on any atom is 0.272 e. The average molecular weight is 615 g/mol. The minimum Gasteiger partial charge on any atom is -0.497 e. The van der Waals surface area contributed by atoms with Crippen LogP contribution in [0.25, 0.3) is 6.08 Å². The van der Waals surface area contributed by atoms with Gasteiger partial charge in [0.05, 0.1) is 7.11 Å². The van der Waals surface area contributed by atoms with Crippen LogP contribution >= 0.6 is 11.8 Å². The lowest BCUT2D eigenvalue weighted by Crippen LogP contribution is -2.30. The zero-order valence-corrected chi connectivity index (χ0v) is 25.2.